The number of carbonyl (C=O) groups is 1. The molecule has 0 unspecified atom stereocenters. The number of hydrogen-bond acceptors (Lipinski definition) is 6. The fourth-order valence-corrected chi connectivity index (χ4v) is 5.06. The van der Waals surface area contributed by atoms with E-state index in [1.54, 1.807) is 18.2 Å². The SMILES string of the molecule is CCOC(=O)C1=C(C(F)(F)F)N=c2s/c(=C\c3cc(Cl)ccc3OC)c(=O)n2[C@H]1c1ccc(Cl)cc1. The van der Waals surface area contributed by atoms with Gasteiger partial charge in [0, 0.05) is 15.6 Å². The number of methoxy groups -OCH3 is 1. The van der Waals surface area contributed by atoms with Crippen LogP contribution in [0, 0.1) is 0 Å². The predicted octanol–water partition coefficient (Wildman–Crippen LogP) is 4.66. The number of allylic oxidation sites excluding steroid dienone is 1. The summed E-state index contributed by atoms with van der Waals surface area (Å²) in [5.41, 5.74) is -2.19. The van der Waals surface area contributed by atoms with E-state index in [2.05, 4.69) is 4.99 Å². The number of rotatable bonds is 5. The molecule has 1 aromatic heterocycles. The Hall–Kier alpha value is -3.08. The molecule has 1 aliphatic heterocycles. The summed E-state index contributed by atoms with van der Waals surface area (Å²) in [5.74, 6) is -0.818. The van der Waals surface area contributed by atoms with Crippen molar-refractivity contribution in [2.24, 2.45) is 4.99 Å². The lowest BCUT2D eigenvalue weighted by Crippen LogP contribution is -2.41. The average Bonchev–Trinajstić information content (AvgIpc) is 3.13. The minimum atomic E-state index is -4.99. The van der Waals surface area contributed by atoms with E-state index in [9.17, 15) is 22.8 Å². The molecule has 0 fully saturated rings. The molecule has 36 heavy (non-hydrogen) atoms. The molecule has 188 valence electrons. The van der Waals surface area contributed by atoms with E-state index in [0.717, 1.165) is 15.9 Å². The van der Waals surface area contributed by atoms with Gasteiger partial charge < -0.3 is 9.47 Å². The minimum absolute atomic E-state index is 0.0694. The normalized spacial score (nSPS) is 16.0. The number of carbonyl (C=O) groups excluding carboxylic acids is 1. The molecule has 12 heteroatoms. The van der Waals surface area contributed by atoms with Crippen LogP contribution >= 0.6 is 34.5 Å². The molecule has 0 bridgehead atoms. The highest BCUT2D eigenvalue weighted by Crippen LogP contribution is 2.38. The summed E-state index contributed by atoms with van der Waals surface area (Å²) < 4.78 is 53.8. The summed E-state index contributed by atoms with van der Waals surface area (Å²) >= 11 is 12.8. The average molecular weight is 557 g/mol. The van der Waals surface area contributed by atoms with Crippen LogP contribution in [-0.2, 0) is 9.53 Å². The number of nitrogens with zero attached hydrogens (tertiary/aromatic N) is 2. The van der Waals surface area contributed by atoms with Crippen LogP contribution in [0.1, 0.15) is 24.1 Å². The van der Waals surface area contributed by atoms with Gasteiger partial charge in [-0.05, 0) is 48.9 Å². The summed E-state index contributed by atoms with van der Waals surface area (Å²) in [6.45, 7) is 1.30. The third-order valence-electron chi connectivity index (χ3n) is 5.26. The maximum absolute atomic E-state index is 14.1. The number of aromatic nitrogens is 1. The third kappa shape index (κ3) is 4.93. The molecule has 0 saturated heterocycles. The van der Waals surface area contributed by atoms with Crippen LogP contribution in [0.4, 0.5) is 13.2 Å². The van der Waals surface area contributed by atoms with Crippen LogP contribution in [0.15, 0.2) is 63.5 Å². The van der Waals surface area contributed by atoms with Gasteiger partial charge in [0.2, 0.25) is 0 Å². The molecule has 1 aliphatic rings. The third-order valence-corrected chi connectivity index (χ3v) is 6.73. The van der Waals surface area contributed by atoms with Crippen LogP contribution in [0.3, 0.4) is 0 Å². The zero-order valence-electron chi connectivity index (χ0n) is 18.7. The number of thiazole rings is 1. The lowest BCUT2D eigenvalue weighted by atomic mass is 9.95. The Kier molecular flexibility index (Phi) is 7.31. The molecule has 2 aromatic carbocycles. The lowest BCUT2D eigenvalue weighted by Gasteiger charge is -2.26. The highest BCUT2D eigenvalue weighted by atomic mass is 35.5. The quantitative estimate of drug-likeness (QED) is 0.429. The molecule has 4 rings (SSSR count). The monoisotopic (exact) mass is 556 g/mol. The van der Waals surface area contributed by atoms with Gasteiger partial charge in [0.05, 0.1) is 29.9 Å². The van der Waals surface area contributed by atoms with Crippen LogP contribution < -0.4 is 19.6 Å². The standard InChI is InChI=1S/C24H17Cl2F3N2O4S/c1-3-35-22(33)18-19(12-4-6-14(25)7-5-12)31-21(32)17(36-23(31)30-20(18)24(27,28)29)11-13-10-15(26)8-9-16(13)34-2/h4-11,19H,3H2,1-2H3/b17-11-/t19-/m0/s1. The van der Waals surface area contributed by atoms with Gasteiger partial charge in [0.1, 0.15) is 5.75 Å². The summed E-state index contributed by atoms with van der Waals surface area (Å²) in [7, 11) is 1.43. The maximum atomic E-state index is 14.1. The van der Waals surface area contributed by atoms with Gasteiger partial charge in [0.25, 0.3) is 5.56 Å². The zero-order chi connectivity index (χ0) is 26.2. The number of ether oxygens (including phenoxy) is 2. The van der Waals surface area contributed by atoms with Crippen LogP contribution in [0.5, 0.6) is 5.75 Å². The van der Waals surface area contributed by atoms with Crippen molar-refractivity contribution in [1.82, 2.24) is 4.57 Å². The molecule has 3 aromatic rings. The molecule has 0 amide bonds. The first-order chi connectivity index (χ1) is 17.0. The van der Waals surface area contributed by atoms with Crippen molar-refractivity contribution in [3.8, 4) is 5.75 Å². The molecular weight excluding hydrogens is 540 g/mol. The van der Waals surface area contributed by atoms with E-state index in [1.165, 1.54) is 44.4 Å². The van der Waals surface area contributed by atoms with Crippen molar-refractivity contribution in [2.75, 3.05) is 13.7 Å². The lowest BCUT2D eigenvalue weighted by molar-refractivity contribution is -0.140. The van der Waals surface area contributed by atoms with Gasteiger partial charge in [-0.15, -0.1) is 0 Å². The Morgan fingerprint density at radius 1 is 1.17 bits per heavy atom. The second-order valence-corrected chi connectivity index (χ2v) is 9.38. The molecule has 0 radical (unpaired) electrons. The van der Waals surface area contributed by atoms with Crippen molar-refractivity contribution < 1.29 is 27.4 Å². The van der Waals surface area contributed by atoms with Gasteiger partial charge in [-0.2, -0.15) is 13.2 Å². The van der Waals surface area contributed by atoms with Crippen LogP contribution in [-0.4, -0.2) is 30.4 Å². The van der Waals surface area contributed by atoms with Gasteiger partial charge in [-0.25, -0.2) is 9.79 Å². The van der Waals surface area contributed by atoms with Crippen molar-refractivity contribution in [1.29, 1.82) is 0 Å². The molecule has 1 atom stereocenters. The fraction of sp³-hybridized carbons (Fsp3) is 0.208. The molecule has 0 saturated carbocycles. The summed E-state index contributed by atoms with van der Waals surface area (Å²) in [6, 6.07) is 9.12. The van der Waals surface area contributed by atoms with Gasteiger partial charge in [-0.1, -0.05) is 46.7 Å². The Morgan fingerprint density at radius 3 is 2.44 bits per heavy atom. The fourth-order valence-electron chi connectivity index (χ4n) is 3.76. The summed E-state index contributed by atoms with van der Waals surface area (Å²) in [6.07, 6.45) is -3.53. The van der Waals surface area contributed by atoms with Crippen LogP contribution in [0.25, 0.3) is 6.08 Å². The van der Waals surface area contributed by atoms with Gasteiger partial charge in [0.15, 0.2) is 10.5 Å². The Bertz CT molecular complexity index is 1540. The smallest absolute Gasteiger partial charge is 0.434 e. The number of alkyl halides is 3. The highest BCUT2D eigenvalue weighted by Gasteiger charge is 2.45. The number of fused-ring (bicyclic) bond motifs is 1. The van der Waals surface area contributed by atoms with Crippen molar-refractivity contribution in [2.45, 2.75) is 19.1 Å². The van der Waals surface area contributed by atoms with Crippen molar-refractivity contribution in [3.63, 3.8) is 0 Å². The topological polar surface area (TPSA) is 69.9 Å². The maximum Gasteiger partial charge on any atom is 0.434 e. The first-order valence-electron chi connectivity index (χ1n) is 10.4. The number of halogens is 5. The van der Waals surface area contributed by atoms with Crippen molar-refractivity contribution in [3.05, 3.63) is 94.6 Å². The first kappa shape index (κ1) is 26.0. The molecular formula is C24H17Cl2F3N2O4S. The highest BCUT2D eigenvalue weighted by molar-refractivity contribution is 7.07. The second kappa shape index (κ2) is 10.1. The number of benzene rings is 2. The van der Waals surface area contributed by atoms with E-state index >= 15 is 0 Å². The molecule has 2 heterocycles. The summed E-state index contributed by atoms with van der Waals surface area (Å²) in [5, 5.41) is 0.703. The molecule has 6 nitrogen and oxygen atoms in total. The molecule has 0 N–H and O–H groups in total. The second-order valence-electron chi connectivity index (χ2n) is 7.50. The summed E-state index contributed by atoms with van der Waals surface area (Å²) in [4.78, 5) is 29.9. The van der Waals surface area contributed by atoms with Gasteiger partial charge >= 0.3 is 12.1 Å². The first-order valence-corrected chi connectivity index (χ1v) is 12.0. The number of esters is 1. The van der Waals surface area contributed by atoms with E-state index in [0.29, 0.717) is 21.4 Å². The zero-order valence-corrected chi connectivity index (χ0v) is 21.1. The predicted molar refractivity (Wildman–Crippen MR) is 130 cm³/mol. The Morgan fingerprint density at radius 2 is 1.83 bits per heavy atom. The molecule has 0 spiro atoms. The van der Waals surface area contributed by atoms with E-state index < -0.39 is 35.0 Å². The Balaban J connectivity index is 2.06. The largest absolute Gasteiger partial charge is 0.496 e. The minimum Gasteiger partial charge on any atom is -0.496 e. The van der Waals surface area contributed by atoms with Crippen molar-refractivity contribution >= 4 is 46.6 Å². The number of hydrogen-bond donors (Lipinski definition) is 0. The molecule has 0 aliphatic carbocycles. The van der Waals surface area contributed by atoms with Crippen LogP contribution in [0.2, 0.25) is 10.0 Å². The van der Waals surface area contributed by atoms with E-state index in [-0.39, 0.29) is 21.5 Å². The van der Waals surface area contributed by atoms with E-state index in [1.807, 2.05) is 0 Å². The van der Waals surface area contributed by atoms with Gasteiger partial charge in [-0.3, -0.25) is 9.36 Å². The Labute approximate surface area is 216 Å². The van der Waals surface area contributed by atoms with E-state index in [4.69, 9.17) is 32.7 Å².